The highest BCUT2D eigenvalue weighted by Gasteiger charge is 2.20. The first-order chi connectivity index (χ1) is 17.0. The number of nitrogens with zero attached hydrogens (tertiary/aromatic N) is 5. The molecule has 0 aliphatic heterocycles. The molecule has 3 aromatic carbocycles. The second kappa shape index (κ2) is 9.22. The summed E-state index contributed by atoms with van der Waals surface area (Å²) >= 11 is 1.42. The zero-order valence-electron chi connectivity index (χ0n) is 19.0. The Morgan fingerprint density at radius 2 is 1.83 bits per heavy atom. The zero-order chi connectivity index (χ0) is 24.5. The lowest BCUT2D eigenvalue weighted by Gasteiger charge is -2.14. The van der Waals surface area contributed by atoms with E-state index < -0.39 is 4.92 Å². The predicted molar refractivity (Wildman–Crippen MR) is 134 cm³/mol. The molecular formula is C25H21N5O4S. The summed E-state index contributed by atoms with van der Waals surface area (Å²) in [6, 6.07) is 21.4. The molecule has 176 valence electrons. The molecule has 0 radical (unpaired) electrons. The number of non-ortho nitro benzene ring substituents is 1. The second-order valence-electron chi connectivity index (χ2n) is 7.95. The monoisotopic (exact) mass is 487 g/mol. The average molecular weight is 488 g/mol. The Morgan fingerprint density at radius 1 is 1.06 bits per heavy atom. The van der Waals surface area contributed by atoms with Crippen molar-refractivity contribution in [3.8, 4) is 5.75 Å². The van der Waals surface area contributed by atoms with Crippen LogP contribution >= 0.6 is 11.8 Å². The molecule has 5 aromatic rings. The third-order valence-electron chi connectivity index (χ3n) is 5.83. The molecule has 0 aliphatic rings. The summed E-state index contributed by atoms with van der Waals surface area (Å²) in [6.45, 7) is 2.22. The van der Waals surface area contributed by atoms with E-state index in [2.05, 4.69) is 10.2 Å². The van der Waals surface area contributed by atoms with E-state index in [9.17, 15) is 14.9 Å². The van der Waals surface area contributed by atoms with E-state index in [0.717, 1.165) is 11.1 Å². The lowest BCUT2D eigenvalue weighted by atomic mass is 10.1. The van der Waals surface area contributed by atoms with Gasteiger partial charge in [-0.25, -0.2) is 0 Å². The molecule has 0 saturated heterocycles. The van der Waals surface area contributed by atoms with Crippen molar-refractivity contribution in [1.29, 1.82) is 0 Å². The van der Waals surface area contributed by atoms with Gasteiger partial charge in [0, 0.05) is 22.9 Å². The fourth-order valence-electron chi connectivity index (χ4n) is 4.07. The molecule has 1 unspecified atom stereocenters. The number of aromatic nitrogens is 4. The number of thioether (sulfide) groups is 1. The number of rotatable bonds is 7. The van der Waals surface area contributed by atoms with Gasteiger partial charge in [-0.3, -0.25) is 23.9 Å². The Morgan fingerprint density at radius 3 is 2.63 bits per heavy atom. The van der Waals surface area contributed by atoms with E-state index in [1.807, 2.05) is 59.9 Å². The van der Waals surface area contributed by atoms with Gasteiger partial charge in [-0.1, -0.05) is 54.2 Å². The van der Waals surface area contributed by atoms with Crippen LogP contribution in [0.2, 0.25) is 0 Å². The van der Waals surface area contributed by atoms with Gasteiger partial charge in [0.1, 0.15) is 5.75 Å². The van der Waals surface area contributed by atoms with Crippen molar-refractivity contribution in [3.63, 3.8) is 0 Å². The van der Waals surface area contributed by atoms with Gasteiger partial charge in [0.05, 0.1) is 29.5 Å². The fraction of sp³-hybridized carbons (Fsp3) is 0.160. The topological polar surface area (TPSA) is 105 Å². The van der Waals surface area contributed by atoms with E-state index in [4.69, 9.17) is 4.74 Å². The average Bonchev–Trinajstić information content (AvgIpc) is 3.30. The van der Waals surface area contributed by atoms with Crippen molar-refractivity contribution < 1.29 is 9.66 Å². The van der Waals surface area contributed by atoms with Crippen molar-refractivity contribution in [1.82, 2.24) is 19.2 Å². The highest BCUT2D eigenvalue weighted by Crippen LogP contribution is 2.36. The standard InChI is InChI=1S/C25H21N5O4S/c1-16(17-9-7-10-19(14-17)30(32)33)35-25-27-26-24-28(15-18-8-3-6-13-22(18)34-2)23(31)20-11-4-5-12-21(20)29(24)25/h3-14,16H,15H2,1-2H3. The Labute approximate surface area is 204 Å². The van der Waals surface area contributed by atoms with Gasteiger partial charge in [-0.2, -0.15) is 0 Å². The first-order valence-electron chi connectivity index (χ1n) is 10.9. The Balaban J connectivity index is 1.64. The number of nitro benzene ring substituents is 1. The third-order valence-corrected chi connectivity index (χ3v) is 6.93. The Bertz CT molecular complexity index is 1630. The minimum atomic E-state index is -0.405. The van der Waals surface area contributed by atoms with Gasteiger partial charge in [0.25, 0.3) is 11.2 Å². The molecule has 0 spiro atoms. The molecule has 2 aromatic heterocycles. The largest absolute Gasteiger partial charge is 0.496 e. The summed E-state index contributed by atoms with van der Waals surface area (Å²) in [5.74, 6) is 1.09. The van der Waals surface area contributed by atoms with Crippen LogP contribution in [0.4, 0.5) is 5.69 Å². The van der Waals surface area contributed by atoms with Crippen LogP contribution in [0.25, 0.3) is 16.7 Å². The lowest BCUT2D eigenvalue weighted by Crippen LogP contribution is -2.24. The first-order valence-corrected chi connectivity index (χ1v) is 11.8. The molecule has 0 bridgehead atoms. The number of fused-ring (bicyclic) bond motifs is 3. The summed E-state index contributed by atoms with van der Waals surface area (Å²) in [7, 11) is 1.60. The molecule has 0 amide bonds. The fourth-order valence-corrected chi connectivity index (χ4v) is 5.05. The molecule has 0 N–H and O–H groups in total. The number of methoxy groups -OCH3 is 1. The van der Waals surface area contributed by atoms with Crippen LogP contribution in [-0.4, -0.2) is 31.2 Å². The molecule has 0 saturated carbocycles. The number of nitro groups is 1. The van der Waals surface area contributed by atoms with Gasteiger partial charge >= 0.3 is 0 Å². The number of ether oxygens (including phenoxy) is 1. The molecule has 2 heterocycles. The Hall–Kier alpha value is -4.18. The number of hydrogen-bond donors (Lipinski definition) is 0. The zero-order valence-corrected chi connectivity index (χ0v) is 19.8. The summed E-state index contributed by atoms with van der Waals surface area (Å²) in [5, 5.41) is 21.0. The van der Waals surface area contributed by atoms with Crippen molar-refractivity contribution in [2.75, 3.05) is 7.11 Å². The molecule has 5 rings (SSSR count). The van der Waals surface area contributed by atoms with Crippen LogP contribution in [0.5, 0.6) is 5.75 Å². The molecule has 0 fully saturated rings. The summed E-state index contributed by atoms with van der Waals surface area (Å²) < 4.78 is 8.94. The van der Waals surface area contributed by atoms with Gasteiger partial charge in [-0.15, -0.1) is 10.2 Å². The minimum absolute atomic E-state index is 0.0390. The van der Waals surface area contributed by atoms with E-state index in [0.29, 0.717) is 27.6 Å². The normalized spacial score (nSPS) is 12.2. The number of para-hydroxylation sites is 2. The van der Waals surface area contributed by atoms with E-state index >= 15 is 0 Å². The van der Waals surface area contributed by atoms with Gasteiger partial charge in [0.2, 0.25) is 5.78 Å². The highest BCUT2D eigenvalue weighted by molar-refractivity contribution is 7.99. The number of benzene rings is 3. The SMILES string of the molecule is COc1ccccc1Cn1c(=O)c2ccccc2n2c(SC(C)c3cccc([N+](=O)[O-])c3)nnc12. The van der Waals surface area contributed by atoms with Crippen LogP contribution in [0, 0.1) is 10.1 Å². The van der Waals surface area contributed by atoms with Gasteiger partial charge in [-0.05, 0) is 30.7 Å². The van der Waals surface area contributed by atoms with Crippen LogP contribution in [0.1, 0.15) is 23.3 Å². The van der Waals surface area contributed by atoms with Crippen molar-refractivity contribution in [3.05, 3.63) is 104 Å². The maximum Gasteiger partial charge on any atom is 0.269 e. The minimum Gasteiger partial charge on any atom is -0.496 e. The highest BCUT2D eigenvalue weighted by atomic mass is 32.2. The van der Waals surface area contributed by atoms with Crippen LogP contribution < -0.4 is 10.3 Å². The predicted octanol–water partition coefficient (Wildman–Crippen LogP) is 4.86. The molecule has 35 heavy (non-hydrogen) atoms. The maximum absolute atomic E-state index is 13.5. The van der Waals surface area contributed by atoms with Crippen LogP contribution in [0.15, 0.2) is 82.7 Å². The first kappa shape index (κ1) is 22.6. The van der Waals surface area contributed by atoms with Gasteiger partial charge in [0.15, 0.2) is 5.16 Å². The van der Waals surface area contributed by atoms with Crippen molar-refractivity contribution in [2.45, 2.75) is 23.9 Å². The van der Waals surface area contributed by atoms with Crippen LogP contribution in [0.3, 0.4) is 0 Å². The van der Waals surface area contributed by atoms with E-state index in [-0.39, 0.29) is 23.0 Å². The van der Waals surface area contributed by atoms with E-state index in [1.54, 1.807) is 29.9 Å². The molecule has 9 nitrogen and oxygen atoms in total. The quantitative estimate of drug-likeness (QED) is 0.183. The van der Waals surface area contributed by atoms with Gasteiger partial charge < -0.3 is 4.74 Å². The number of hydrogen-bond acceptors (Lipinski definition) is 7. The summed E-state index contributed by atoms with van der Waals surface area (Å²) in [4.78, 5) is 24.3. The summed E-state index contributed by atoms with van der Waals surface area (Å²) in [6.07, 6.45) is 0. The molecule has 1 atom stereocenters. The van der Waals surface area contributed by atoms with Crippen LogP contribution in [-0.2, 0) is 6.54 Å². The van der Waals surface area contributed by atoms with Crippen molar-refractivity contribution >= 4 is 34.1 Å². The maximum atomic E-state index is 13.5. The van der Waals surface area contributed by atoms with Crippen molar-refractivity contribution in [2.24, 2.45) is 0 Å². The second-order valence-corrected chi connectivity index (χ2v) is 9.26. The lowest BCUT2D eigenvalue weighted by molar-refractivity contribution is -0.384. The smallest absolute Gasteiger partial charge is 0.269 e. The summed E-state index contributed by atoms with van der Waals surface area (Å²) in [5.41, 5.74) is 2.21. The molecular weight excluding hydrogens is 466 g/mol. The van der Waals surface area contributed by atoms with E-state index in [1.165, 1.54) is 17.8 Å². The third kappa shape index (κ3) is 4.12. The molecule has 0 aliphatic carbocycles. The molecule has 10 heteroatoms. The Kier molecular flexibility index (Phi) is 5.96.